The molecule has 3 aromatic carbocycles. The minimum absolute atomic E-state index is 0.169. The summed E-state index contributed by atoms with van der Waals surface area (Å²) in [6.45, 7) is 5.30. The quantitative estimate of drug-likeness (QED) is 0.335. The van der Waals surface area contributed by atoms with Crippen LogP contribution in [0.15, 0.2) is 77.6 Å². The molecule has 9 nitrogen and oxygen atoms in total. The van der Waals surface area contributed by atoms with Crippen LogP contribution in [-0.2, 0) is 6.54 Å². The number of hydrogen-bond donors (Lipinski definition) is 1. The number of fused-ring (bicyclic) bond motifs is 1. The number of hydrogen-bond acceptors (Lipinski definition) is 7. The number of methoxy groups -OCH3 is 1. The fourth-order valence-corrected chi connectivity index (χ4v) is 5.35. The van der Waals surface area contributed by atoms with Crippen LogP contribution in [0.1, 0.15) is 28.6 Å². The summed E-state index contributed by atoms with van der Waals surface area (Å²) >= 11 is 0. The Morgan fingerprint density at radius 3 is 2.45 bits per heavy atom. The molecule has 1 aliphatic rings. The molecule has 0 bridgehead atoms. The third-order valence-electron chi connectivity index (χ3n) is 7.49. The highest BCUT2D eigenvalue weighted by molar-refractivity contribution is 5.79. The Kier molecular flexibility index (Phi) is 7.00. The lowest BCUT2D eigenvalue weighted by Gasteiger charge is -2.39. The minimum Gasteiger partial charge on any atom is -0.497 e. The van der Waals surface area contributed by atoms with Crippen LogP contribution in [0.2, 0.25) is 0 Å². The van der Waals surface area contributed by atoms with Crippen molar-refractivity contribution in [3.63, 3.8) is 0 Å². The fourth-order valence-electron chi connectivity index (χ4n) is 5.35. The summed E-state index contributed by atoms with van der Waals surface area (Å²) in [7, 11) is 1.66. The van der Waals surface area contributed by atoms with Crippen molar-refractivity contribution in [2.45, 2.75) is 19.5 Å². The van der Waals surface area contributed by atoms with Crippen molar-refractivity contribution < 1.29 is 9.13 Å². The molecule has 10 heteroatoms. The smallest absolute Gasteiger partial charge is 0.253 e. The number of nitrogens with zero attached hydrogens (tertiary/aromatic N) is 6. The molecule has 40 heavy (non-hydrogen) atoms. The first-order valence-electron chi connectivity index (χ1n) is 13.3. The standard InChI is InChI=1S/C30H30FN7O2/c1-20-3-6-22-18-26(30(39)32-27(22)17-20)28(29-33-34-35-38(29)19-21-4-7-23(31)8-5-21)37-15-13-36(14-16-37)24-9-11-25(40-2)12-10-24/h3-12,17-18,28H,13-16,19H2,1-2H3,(H,32,39). The molecule has 6 rings (SSSR count). The van der Waals surface area contributed by atoms with Gasteiger partial charge in [-0.15, -0.1) is 5.10 Å². The van der Waals surface area contributed by atoms with Crippen LogP contribution in [0, 0.1) is 12.7 Å². The molecule has 1 unspecified atom stereocenters. The summed E-state index contributed by atoms with van der Waals surface area (Å²) in [5, 5.41) is 13.6. The van der Waals surface area contributed by atoms with Crippen LogP contribution in [-0.4, -0.2) is 63.4 Å². The van der Waals surface area contributed by atoms with Gasteiger partial charge in [0.05, 0.1) is 13.7 Å². The number of piperazine rings is 1. The lowest BCUT2D eigenvalue weighted by Crippen LogP contribution is -2.49. The zero-order valence-electron chi connectivity index (χ0n) is 22.4. The van der Waals surface area contributed by atoms with Crippen molar-refractivity contribution in [1.29, 1.82) is 0 Å². The highest BCUT2D eigenvalue weighted by atomic mass is 19.1. The van der Waals surface area contributed by atoms with Crippen LogP contribution in [0.4, 0.5) is 10.1 Å². The molecule has 3 heterocycles. The van der Waals surface area contributed by atoms with Crippen molar-refractivity contribution >= 4 is 16.6 Å². The van der Waals surface area contributed by atoms with Gasteiger partial charge in [-0.05, 0) is 82.4 Å². The Balaban J connectivity index is 1.36. The highest BCUT2D eigenvalue weighted by Gasteiger charge is 2.33. The van der Waals surface area contributed by atoms with E-state index in [-0.39, 0.29) is 11.4 Å². The lowest BCUT2D eigenvalue weighted by atomic mass is 10.0. The number of rotatable bonds is 7. The average molecular weight is 540 g/mol. The van der Waals surface area contributed by atoms with E-state index < -0.39 is 6.04 Å². The van der Waals surface area contributed by atoms with E-state index in [0.29, 0.717) is 31.0 Å². The summed E-state index contributed by atoms with van der Waals surface area (Å²) in [6, 6.07) is 21.8. The first-order valence-corrected chi connectivity index (χ1v) is 13.3. The molecular weight excluding hydrogens is 509 g/mol. The molecule has 2 aromatic heterocycles. The Bertz CT molecular complexity index is 1670. The van der Waals surface area contributed by atoms with Gasteiger partial charge in [-0.3, -0.25) is 9.69 Å². The number of aromatic amines is 1. The van der Waals surface area contributed by atoms with E-state index in [9.17, 15) is 9.18 Å². The molecule has 0 spiro atoms. The molecule has 1 atom stereocenters. The normalized spacial score (nSPS) is 14.9. The first kappa shape index (κ1) is 25.7. The van der Waals surface area contributed by atoms with Gasteiger partial charge in [-0.2, -0.15) is 0 Å². The number of aryl methyl sites for hydroxylation is 1. The molecule has 1 saturated heterocycles. The van der Waals surface area contributed by atoms with E-state index in [2.05, 4.69) is 42.4 Å². The van der Waals surface area contributed by atoms with E-state index in [0.717, 1.165) is 46.6 Å². The van der Waals surface area contributed by atoms with Crippen LogP contribution >= 0.6 is 0 Å². The molecule has 204 valence electrons. The number of ether oxygens (including phenoxy) is 1. The van der Waals surface area contributed by atoms with Gasteiger partial charge in [0, 0.05) is 42.9 Å². The summed E-state index contributed by atoms with van der Waals surface area (Å²) in [6.07, 6.45) is 0. The van der Waals surface area contributed by atoms with E-state index in [1.54, 1.807) is 23.9 Å². The number of nitrogens with one attached hydrogen (secondary N) is 1. The van der Waals surface area contributed by atoms with E-state index in [1.165, 1.54) is 12.1 Å². The van der Waals surface area contributed by atoms with E-state index >= 15 is 0 Å². The largest absolute Gasteiger partial charge is 0.497 e. The van der Waals surface area contributed by atoms with Crippen LogP contribution in [0.25, 0.3) is 10.9 Å². The number of aromatic nitrogens is 5. The molecule has 0 saturated carbocycles. The SMILES string of the molecule is COc1ccc(N2CCN(C(c3cc4ccc(C)cc4[nH]c3=O)c3nnnn3Cc3ccc(F)cc3)CC2)cc1. The van der Waals surface area contributed by atoms with Gasteiger partial charge in [-0.25, -0.2) is 9.07 Å². The molecule has 1 aliphatic heterocycles. The zero-order chi connectivity index (χ0) is 27.6. The van der Waals surface area contributed by atoms with Gasteiger partial charge in [0.25, 0.3) is 5.56 Å². The van der Waals surface area contributed by atoms with Crippen LogP contribution in [0.3, 0.4) is 0 Å². The Labute approximate surface area is 230 Å². The number of tetrazole rings is 1. The topological polar surface area (TPSA) is 92.2 Å². The molecule has 0 radical (unpaired) electrons. The third kappa shape index (κ3) is 5.17. The fraction of sp³-hybridized carbons (Fsp3) is 0.267. The average Bonchev–Trinajstić information content (AvgIpc) is 3.42. The Morgan fingerprint density at radius 2 is 1.73 bits per heavy atom. The van der Waals surface area contributed by atoms with E-state index in [4.69, 9.17) is 4.74 Å². The molecule has 0 aliphatic carbocycles. The van der Waals surface area contributed by atoms with Crippen molar-refractivity contribution in [2.24, 2.45) is 0 Å². The van der Waals surface area contributed by atoms with Gasteiger partial charge < -0.3 is 14.6 Å². The predicted molar refractivity (Wildman–Crippen MR) is 151 cm³/mol. The second-order valence-corrected chi connectivity index (χ2v) is 10.1. The number of benzene rings is 3. The van der Waals surface area contributed by atoms with Crippen molar-refractivity contribution in [1.82, 2.24) is 30.1 Å². The van der Waals surface area contributed by atoms with Crippen molar-refractivity contribution in [3.05, 3.63) is 111 Å². The number of H-pyrrole nitrogens is 1. The summed E-state index contributed by atoms with van der Waals surface area (Å²) < 4.78 is 20.5. The lowest BCUT2D eigenvalue weighted by molar-refractivity contribution is 0.200. The summed E-state index contributed by atoms with van der Waals surface area (Å²) in [4.78, 5) is 21.2. The van der Waals surface area contributed by atoms with Gasteiger partial charge in [0.15, 0.2) is 5.82 Å². The molecule has 5 aromatic rings. The third-order valence-corrected chi connectivity index (χ3v) is 7.49. The zero-order valence-corrected chi connectivity index (χ0v) is 22.4. The molecule has 0 amide bonds. The maximum absolute atomic E-state index is 13.6. The van der Waals surface area contributed by atoms with Crippen LogP contribution < -0.4 is 15.2 Å². The number of anilines is 1. The number of pyridine rings is 1. The van der Waals surface area contributed by atoms with Crippen molar-refractivity contribution in [3.8, 4) is 5.75 Å². The first-order chi connectivity index (χ1) is 19.5. The maximum Gasteiger partial charge on any atom is 0.253 e. The van der Waals surface area contributed by atoms with Gasteiger partial charge in [0.2, 0.25) is 0 Å². The van der Waals surface area contributed by atoms with Gasteiger partial charge in [-0.1, -0.05) is 24.3 Å². The van der Waals surface area contributed by atoms with Crippen molar-refractivity contribution in [2.75, 3.05) is 38.2 Å². The second kappa shape index (κ2) is 10.9. The highest BCUT2D eigenvalue weighted by Crippen LogP contribution is 2.30. The predicted octanol–water partition coefficient (Wildman–Crippen LogP) is 3.93. The van der Waals surface area contributed by atoms with E-state index in [1.807, 2.05) is 43.3 Å². The maximum atomic E-state index is 13.6. The summed E-state index contributed by atoms with van der Waals surface area (Å²) in [5.41, 5.74) is 4.27. The summed E-state index contributed by atoms with van der Waals surface area (Å²) in [5.74, 6) is 1.09. The molecular formula is C30H30FN7O2. The molecule has 1 fully saturated rings. The van der Waals surface area contributed by atoms with Gasteiger partial charge in [0.1, 0.15) is 17.6 Å². The van der Waals surface area contributed by atoms with Gasteiger partial charge >= 0.3 is 0 Å². The Hall–Kier alpha value is -4.57. The second-order valence-electron chi connectivity index (χ2n) is 10.1. The van der Waals surface area contributed by atoms with Crippen LogP contribution in [0.5, 0.6) is 5.75 Å². The number of halogens is 1. The minimum atomic E-state index is -0.470. The molecule has 1 N–H and O–H groups in total. The monoisotopic (exact) mass is 539 g/mol. The Morgan fingerprint density at radius 1 is 0.975 bits per heavy atom.